The summed E-state index contributed by atoms with van der Waals surface area (Å²) < 4.78 is 5.79. The first-order valence-electron chi connectivity index (χ1n) is 8.20. The third-order valence-corrected chi connectivity index (χ3v) is 4.84. The van der Waals surface area contributed by atoms with E-state index in [9.17, 15) is 0 Å². The summed E-state index contributed by atoms with van der Waals surface area (Å²) in [4.78, 5) is 8.35. The van der Waals surface area contributed by atoms with Gasteiger partial charge >= 0.3 is 0 Å². The van der Waals surface area contributed by atoms with Gasteiger partial charge in [-0.25, -0.2) is 9.97 Å². The van der Waals surface area contributed by atoms with Crippen LogP contribution in [-0.4, -0.2) is 9.97 Å². The Hall–Kier alpha value is -1.81. The minimum Gasteiger partial charge on any atom is -0.457 e. The van der Waals surface area contributed by atoms with Crippen LogP contribution >= 0.6 is 34.8 Å². The van der Waals surface area contributed by atoms with Crippen molar-refractivity contribution in [3.05, 3.63) is 80.8 Å². The van der Waals surface area contributed by atoms with Gasteiger partial charge in [-0.3, -0.25) is 0 Å². The number of ether oxygens (including phenoxy) is 1. The molecule has 1 aromatic heterocycles. The molecule has 6 heteroatoms. The molecule has 134 valence electrons. The maximum absolute atomic E-state index is 6.23. The van der Waals surface area contributed by atoms with E-state index in [0.29, 0.717) is 20.8 Å². The molecule has 3 nitrogen and oxygen atoms in total. The van der Waals surface area contributed by atoms with E-state index < -0.39 is 0 Å². The number of halogens is 3. The fraction of sp³-hybridized carbons (Fsp3) is 0.200. The molecule has 2 aromatic carbocycles. The standard InChI is InChI=1S/C20H17Cl3N2O/c1-13-20(23)19(25-12-24-13)4-2-3-14-5-7-17(8-6-14)26-18-10-15(21)9-16(22)11-18/h5-12H,2-4H2,1H3. The molecule has 0 aliphatic heterocycles. The minimum atomic E-state index is 0.544. The Balaban J connectivity index is 1.56. The van der Waals surface area contributed by atoms with Crippen molar-refractivity contribution in [2.45, 2.75) is 26.2 Å². The molecular weight excluding hydrogens is 391 g/mol. The highest BCUT2D eigenvalue weighted by molar-refractivity contribution is 6.34. The molecule has 0 fully saturated rings. The number of rotatable bonds is 6. The molecular formula is C20H17Cl3N2O. The Kier molecular flexibility index (Phi) is 6.36. The van der Waals surface area contributed by atoms with Crippen molar-refractivity contribution in [1.29, 1.82) is 0 Å². The van der Waals surface area contributed by atoms with Crippen molar-refractivity contribution in [2.75, 3.05) is 0 Å². The van der Waals surface area contributed by atoms with E-state index in [-0.39, 0.29) is 0 Å². The van der Waals surface area contributed by atoms with Crippen LogP contribution < -0.4 is 4.74 Å². The summed E-state index contributed by atoms with van der Waals surface area (Å²) in [6, 6.07) is 13.1. The lowest BCUT2D eigenvalue weighted by molar-refractivity contribution is 0.482. The summed E-state index contributed by atoms with van der Waals surface area (Å²) in [5, 5.41) is 1.75. The molecule has 0 radical (unpaired) electrons. The van der Waals surface area contributed by atoms with Crippen LogP contribution in [0.3, 0.4) is 0 Å². The number of aromatic nitrogens is 2. The van der Waals surface area contributed by atoms with Crippen LogP contribution in [-0.2, 0) is 12.8 Å². The first kappa shape index (κ1) is 19.0. The fourth-order valence-electron chi connectivity index (χ4n) is 2.59. The second kappa shape index (κ2) is 8.72. The summed E-state index contributed by atoms with van der Waals surface area (Å²) >= 11 is 18.2. The van der Waals surface area contributed by atoms with E-state index in [4.69, 9.17) is 39.5 Å². The van der Waals surface area contributed by atoms with Crippen LogP contribution in [0.4, 0.5) is 0 Å². The molecule has 26 heavy (non-hydrogen) atoms. The van der Waals surface area contributed by atoms with Crippen LogP contribution in [0.2, 0.25) is 15.1 Å². The smallest absolute Gasteiger partial charge is 0.130 e. The molecule has 0 aliphatic carbocycles. The molecule has 0 aliphatic rings. The maximum atomic E-state index is 6.23. The molecule has 0 saturated carbocycles. The fourth-order valence-corrected chi connectivity index (χ4v) is 3.29. The summed E-state index contributed by atoms with van der Waals surface area (Å²) in [6.45, 7) is 1.89. The number of hydrogen-bond acceptors (Lipinski definition) is 3. The number of benzene rings is 2. The zero-order chi connectivity index (χ0) is 18.5. The van der Waals surface area contributed by atoms with Crippen LogP contribution in [0.15, 0.2) is 48.8 Å². The summed E-state index contributed by atoms with van der Waals surface area (Å²) in [6.07, 6.45) is 4.27. The largest absolute Gasteiger partial charge is 0.457 e. The normalized spacial score (nSPS) is 10.8. The highest BCUT2D eigenvalue weighted by atomic mass is 35.5. The van der Waals surface area contributed by atoms with Gasteiger partial charge in [-0.05, 0) is 62.1 Å². The van der Waals surface area contributed by atoms with E-state index in [1.54, 1.807) is 24.5 Å². The van der Waals surface area contributed by atoms with E-state index >= 15 is 0 Å². The molecule has 0 bridgehead atoms. The van der Waals surface area contributed by atoms with Gasteiger partial charge in [-0.15, -0.1) is 0 Å². The Morgan fingerprint density at radius 1 is 0.846 bits per heavy atom. The van der Waals surface area contributed by atoms with Crippen molar-refractivity contribution >= 4 is 34.8 Å². The first-order chi connectivity index (χ1) is 12.5. The van der Waals surface area contributed by atoms with Crippen LogP contribution in [0.5, 0.6) is 11.5 Å². The molecule has 0 saturated heterocycles. The van der Waals surface area contributed by atoms with Gasteiger partial charge in [-0.2, -0.15) is 0 Å². The van der Waals surface area contributed by atoms with Crippen molar-refractivity contribution in [2.24, 2.45) is 0 Å². The lowest BCUT2D eigenvalue weighted by Gasteiger charge is -2.08. The molecule has 1 heterocycles. The van der Waals surface area contributed by atoms with Crippen LogP contribution in [0.1, 0.15) is 23.4 Å². The van der Waals surface area contributed by atoms with Gasteiger partial charge in [0.05, 0.1) is 16.4 Å². The third kappa shape index (κ3) is 5.10. The van der Waals surface area contributed by atoms with Gasteiger partial charge in [0.1, 0.15) is 17.8 Å². The van der Waals surface area contributed by atoms with Crippen LogP contribution in [0.25, 0.3) is 0 Å². The average Bonchev–Trinajstić information content (AvgIpc) is 2.59. The predicted molar refractivity (Wildman–Crippen MR) is 107 cm³/mol. The second-order valence-electron chi connectivity index (χ2n) is 5.92. The molecule has 3 aromatic rings. The van der Waals surface area contributed by atoms with Crippen LogP contribution in [0, 0.1) is 6.92 Å². The van der Waals surface area contributed by atoms with E-state index in [2.05, 4.69) is 9.97 Å². The van der Waals surface area contributed by atoms with Crippen molar-refractivity contribution in [1.82, 2.24) is 9.97 Å². The van der Waals surface area contributed by atoms with Gasteiger partial charge in [0.2, 0.25) is 0 Å². The van der Waals surface area contributed by atoms with Gasteiger partial charge in [0.15, 0.2) is 0 Å². The van der Waals surface area contributed by atoms with Crippen molar-refractivity contribution in [3.63, 3.8) is 0 Å². The number of hydrogen-bond donors (Lipinski definition) is 0. The molecule has 0 N–H and O–H groups in total. The summed E-state index contributed by atoms with van der Waals surface area (Å²) in [7, 11) is 0. The van der Waals surface area contributed by atoms with E-state index in [0.717, 1.165) is 36.4 Å². The quantitative estimate of drug-likeness (QED) is 0.455. The average molecular weight is 408 g/mol. The van der Waals surface area contributed by atoms with Crippen molar-refractivity contribution in [3.8, 4) is 11.5 Å². The Labute approximate surface area is 167 Å². The molecule has 3 rings (SSSR count). The van der Waals surface area contributed by atoms with Gasteiger partial charge in [0, 0.05) is 10.0 Å². The third-order valence-electron chi connectivity index (χ3n) is 3.91. The Morgan fingerprint density at radius 2 is 1.54 bits per heavy atom. The van der Waals surface area contributed by atoms with Crippen molar-refractivity contribution < 1.29 is 4.74 Å². The van der Waals surface area contributed by atoms with E-state index in [1.165, 1.54) is 5.56 Å². The van der Waals surface area contributed by atoms with Gasteiger partial charge < -0.3 is 4.74 Å². The van der Waals surface area contributed by atoms with E-state index in [1.807, 2.05) is 31.2 Å². The maximum Gasteiger partial charge on any atom is 0.130 e. The SMILES string of the molecule is Cc1ncnc(CCCc2ccc(Oc3cc(Cl)cc(Cl)c3)cc2)c1Cl. The highest BCUT2D eigenvalue weighted by Gasteiger charge is 2.06. The first-order valence-corrected chi connectivity index (χ1v) is 9.33. The Bertz CT molecular complexity index is 878. The highest BCUT2D eigenvalue weighted by Crippen LogP contribution is 2.28. The van der Waals surface area contributed by atoms with Gasteiger partial charge in [-0.1, -0.05) is 46.9 Å². The lowest BCUT2D eigenvalue weighted by Crippen LogP contribution is -1.97. The topological polar surface area (TPSA) is 35.0 Å². The zero-order valence-electron chi connectivity index (χ0n) is 14.2. The lowest BCUT2D eigenvalue weighted by atomic mass is 10.1. The molecule has 0 spiro atoms. The summed E-state index contributed by atoms with van der Waals surface area (Å²) in [5.74, 6) is 1.35. The summed E-state index contributed by atoms with van der Waals surface area (Å²) in [5.41, 5.74) is 2.94. The number of nitrogens with zero attached hydrogens (tertiary/aromatic N) is 2. The number of aryl methyl sites for hydroxylation is 3. The second-order valence-corrected chi connectivity index (χ2v) is 7.18. The zero-order valence-corrected chi connectivity index (χ0v) is 16.4. The van der Waals surface area contributed by atoms with Gasteiger partial charge in [0.25, 0.3) is 0 Å². The minimum absolute atomic E-state index is 0.544. The molecule has 0 amide bonds. The predicted octanol–water partition coefficient (Wildman–Crippen LogP) is 6.71. The Morgan fingerprint density at radius 3 is 2.23 bits per heavy atom. The molecule has 0 unspecified atom stereocenters. The monoisotopic (exact) mass is 406 g/mol. The molecule has 0 atom stereocenters.